The number of amides is 1. The zero-order valence-corrected chi connectivity index (χ0v) is 10.0. The Morgan fingerprint density at radius 1 is 1.72 bits per heavy atom. The van der Waals surface area contributed by atoms with Crippen molar-refractivity contribution in [2.75, 3.05) is 20.2 Å². The maximum Gasteiger partial charge on any atom is 0.308 e. The van der Waals surface area contributed by atoms with Gasteiger partial charge in [-0.2, -0.15) is 0 Å². The molecule has 1 rings (SSSR count). The zero-order valence-electron chi connectivity index (χ0n) is 10.0. The summed E-state index contributed by atoms with van der Waals surface area (Å²) in [4.78, 5) is 23.1. The Balaban J connectivity index is 0.000000351. The van der Waals surface area contributed by atoms with E-state index in [4.69, 9.17) is 15.8 Å². The summed E-state index contributed by atoms with van der Waals surface area (Å²) in [5.41, 5.74) is 7.84. The first-order valence-electron chi connectivity index (χ1n) is 5.26. The van der Waals surface area contributed by atoms with Crippen molar-refractivity contribution in [1.29, 1.82) is 0 Å². The molecule has 2 N–H and O–H groups in total. The molecule has 0 radical (unpaired) electrons. The minimum absolute atomic E-state index is 0.106. The van der Waals surface area contributed by atoms with Crippen LogP contribution in [-0.2, 0) is 14.3 Å². The lowest BCUT2D eigenvalue weighted by atomic mass is 10.2. The summed E-state index contributed by atoms with van der Waals surface area (Å²) in [6.45, 7) is 0.407. The van der Waals surface area contributed by atoms with Crippen molar-refractivity contribution in [1.82, 2.24) is 5.06 Å². The van der Waals surface area contributed by atoms with E-state index in [1.54, 1.807) is 0 Å². The molecule has 102 valence electrons. The number of hydrogen-bond acceptors (Lipinski definition) is 6. The normalized spacial score (nSPS) is 15.3. The first-order chi connectivity index (χ1) is 8.51. The van der Waals surface area contributed by atoms with Crippen molar-refractivity contribution >= 4 is 11.9 Å². The van der Waals surface area contributed by atoms with Gasteiger partial charge in [0.05, 0.1) is 26.2 Å². The first-order valence-corrected chi connectivity index (χ1v) is 5.26. The number of methoxy groups -OCH3 is 1. The summed E-state index contributed by atoms with van der Waals surface area (Å²) in [6, 6.07) is 0. The second-order valence-electron chi connectivity index (χ2n) is 3.47. The number of nitrogens with zero attached hydrogens (tertiary/aromatic N) is 4. The van der Waals surface area contributed by atoms with Crippen LogP contribution in [0.3, 0.4) is 0 Å². The monoisotopic (exact) mass is 260 g/mol. The van der Waals surface area contributed by atoms with E-state index in [1.165, 1.54) is 7.11 Å². The largest absolute Gasteiger partial charge is 0.469 e. The standard InChI is InChI=1S/C5H9N3O3.C4H7NO2/c1-11-5(10)2-4(9)3-7-8-6;6-4-2-1-3-5(4)7/h4,9H,2-3H2,1H3;7H,1-3H2/t4-;/m0./s1. The number of hydroxylamine groups is 2. The van der Waals surface area contributed by atoms with E-state index in [1.807, 2.05) is 0 Å². The van der Waals surface area contributed by atoms with Gasteiger partial charge in [-0.15, -0.1) is 0 Å². The van der Waals surface area contributed by atoms with Gasteiger partial charge in [0, 0.05) is 17.9 Å². The van der Waals surface area contributed by atoms with E-state index in [0.29, 0.717) is 13.0 Å². The number of aliphatic hydroxyl groups excluding tert-OH is 1. The topological polar surface area (TPSA) is 136 Å². The fourth-order valence-electron chi connectivity index (χ4n) is 1.10. The van der Waals surface area contributed by atoms with Gasteiger partial charge in [0.2, 0.25) is 5.91 Å². The van der Waals surface area contributed by atoms with Crippen LogP contribution >= 0.6 is 0 Å². The number of carbonyl (C=O) groups excluding carboxylic acids is 2. The third-order valence-corrected chi connectivity index (χ3v) is 2.03. The van der Waals surface area contributed by atoms with Gasteiger partial charge in [-0.1, -0.05) is 5.11 Å². The highest BCUT2D eigenvalue weighted by Crippen LogP contribution is 2.04. The van der Waals surface area contributed by atoms with Gasteiger partial charge in [0.15, 0.2) is 0 Å². The molecule has 0 bridgehead atoms. The predicted octanol–water partition coefficient (Wildman–Crippen LogP) is 0.219. The third-order valence-electron chi connectivity index (χ3n) is 2.03. The molecule has 1 aliphatic heterocycles. The quantitative estimate of drug-likeness (QED) is 0.245. The summed E-state index contributed by atoms with van der Waals surface area (Å²) in [5, 5.41) is 21.2. The summed E-state index contributed by atoms with van der Waals surface area (Å²) in [5.74, 6) is -0.675. The van der Waals surface area contributed by atoms with Crippen molar-refractivity contribution < 1.29 is 24.6 Å². The van der Waals surface area contributed by atoms with Crippen LogP contribution in [0.15, 0.2) is 5.11 Å². The van der Waals surface area contributed by atoms with Crippen LogP contribution < -0.4 is 0 Å². The highest BCUT2D eigenvalue weighted by Gasteiger charge is 2.16. The van der Waals surface area contributed by atoms with Crippen molar-refractivity contribution in [3.63, 3.8) is 0 Å². The smallest absolute Gasteiger partial charge is 0.308 e. The average molecular weight is 260 g/mol. The SMILES string of the molecule is COC(=O)C[C@H](O)CN=[N+]=[N-].O=C1CCCN1O. The fourth-order valence-corrected chi connectivity index (χ4v) is 1.10. The van der Waals surface area contributed by atoms with Crippen molar-refractivity contribution in [2.45, 2.75) is 25.4 Å². The molecule has 0 spiro atoms. The van der Waals surface area contributed by atoms with E-state index in [-0.39, 0.29) is 18.9 Å². The molecule has 18 heavy (non-hydrogen) atoms. The molecule has 0 unspecified atom stereocenters. The Hall–Kier alpha value is -1.83. The maximum absolute atomic E-state index is 10.5. The second kappa shape index (κ2) is 9.23. The third kappa shape index (κ3) is 7.44. The van der Waals surface area contributed by atoms with E-state index in [9.17, 15) is 9.59 Å². The van der Waals surface area contributed by atoms with Crippen molar-refractivity contribution in [2.24, 2.45) is 5.11 Å². The molecule has 0 aromatic heterocycles. The van der Waals surface area contributed by atoms with E-state index < -0.39 is 12.1 Å². The zero-order chi connectivity index (χ0) is 14.0. The summed E-state index contributed by atoms with van der Waals surface area (Å²) >= 11 is 0. The number of carbonyl (C=O) groups is 2. The van der Waals surface area contributed by atoms with Gasteiger partial charge >= 0.3 is 5.97 Å². The molecular weight excluding hydrogens is 244 g/mol. The molecule has 0 saturated carbocycles. The van der Waals surface area contributed by atoms with E-state index >= 15 is 0 Å². The van der Waals surface area contributed by atoms with E-state index in [2.05, 4.69) is 14.8 Å². The lowest BCUT2D eigenvalue weighted by Gasteiger charge is -2.03. The minimum atomic E-state index is -0.946. The lowest BCUT2D eigenvalue weighted by molar-refractivity contribution is -0.157. The van der Waals surface area contributed by atoms with Gasteiger partial charge in [0.1, 0.15) is 0 Å². The van der Waals surface area contributed by atoms with Crippen LogP contribution in [0.25, 0.3) is 10.4 Å². The number of aliphatic hydroxyl groups is 1. The second-order valence-corrected chi connectivity index (χ2v) is 3.47. The van der Waals surface area contributed by atoms with Crippen molar-refractivity contribution in [3.05, 3.63) is 10.4 Å². The summed E-state index contributed by atoms with van der Waals surface area (Å²) < 4.78 is 4.27. The Bertz CT molecular complexity index is 329. The molecule has 1 amide bonds. The molecule has 0 aliphatic carbocycles. The molecule has 9 nitrogen and oxygen atoms in total. The Kier molecular flexibility index (Phi) is 8.29. The number of azide groups is 1. The number of ether oxygens (including phenoxy) is 1. The fraction of sp³-hybridized carbons (Fsp3) is 0.778. The van der Waals surface area contributed by atoms with Crippen LogP contribution in [0.2, 0.25) is 0 Å². The number of rotatable bonds is 4. The van der Waals surface area contributed by atoms with Gasteiger partial charge in [-0.25, -0.2) is 5.06 Å². The molecule has 0 aromatic carbocycles. The molecule has 1 heterocycles. The molecule has 1 atom stereocenters. The van der Waals surface area contributed by atoms with E-state index in [0.717, 1.165) is 11.5 Å². The Labute approximate surface area is 104 Å². The highest BCUT2D eigenvalue weighted by atomic mass is 16.5. The van der Waals surface area contributed by atoms with Gasteiger partial charge < -0.3 is 9.84 Å². The first kappa shape index (κ1) is 16.2. The van der Waals surface area contributed by atoms with Gasteiger partial charge in [-0.3, -0.25) is 14.8 Å². The number of esters is 1. The molecule has 1 fully saturated rings. The van der Waals surface area contributed by atoms with Crippen LogP contribution in [0.4, 0.5) is 0 Å². The minimum Gasteiger partial charge on any atom is -0.469 e. The Morgan fingerprint density at radius 3 is 2.72 bits per heavy atom. The summed E-state index contributed by atoms with van der Waals surface area (Å²) in [6.07, 6.45) is 0.222. The van der Waals surface area contributed by atoms with Crippen LogP contribution in [0, 0.1) is 0 Å². The molecular formula is C9H16N4O5. The Morgan fingerprint density at radius 2 is 2.39 bits per heavy atom. The molecule has 1 aliphatic rings. The maximum atomic E-state index is 10.5. The van der Waals surface area contributed by atoms with Gasteiger partial charge in [-0.05, 0) is 12.0 Å². The van der Waals surface area contributed by atoms with Crippen LogP contribution in [-0.4, -0.2) is 53.6 Å². The average Bonchev–Trinajstić information content (AvgIpc) is 2.72. The molecule has 1 saturated heterocycles. The van der Waals surface area contributed by atoms with Crippen LogP contribution in [0.1, 0.15) is 19.3 Å². The highest BCUT2D eigenvalue weighted by molar-refractivity contribution is 5.76. The number of hydrogen-bond donors (Lipinski definition) is 2. The van der Waals surface area contributed by atoms with Crippen molar-refractivity contribution in [3.8, 4) is 0 Å². The lowest BCUT2D eigenvalue weighted by Crippen LogP contribution is -2.18. The molecule has 9 heteroatoms. The van der Waals surface area contributed by atoms with Crippen LogP contribution in [0.5, 0.6) is 0 Å². The summed E-state index contributed by atoms with van der Waals surface area (Å²) in [7, 11) is 1.22. The molecule has 0 aromatic rings. The predicted molar refractivity (Wildman–Crippen MR) is 59.4 cm³/mol. The van der Waals surface area contributed by atoms with Gasteiger partial charge in [0.25, 0.3) is 0 Å².